The summed E-state index contributed by atoms with van der Waals surface area (Å²) in [7, 11) is 2.23. The van der Waals surface area contributed by atoms with Gasteiger partial charge in [-0.15, -0.1) is 0 Å². The standard InChI is InChI=1S/C31H49O3P/c1-10-12-15-18-31(11-2,35-27-17-14-13-16-23(27)21-32)26-20-24(29(3,4)5)19-25(30(6,7)8)28(26)34-22-33-9/h13-14,16-17,19-20,32,35H,10-12,15,18,21-22H2,1-9H3. The van der Waals surface area contributed by atoms with Gasteiger partial charge >= 0.3 is 0 Å². The van der Waals surface area contributed by atoms with E-state index in [4.69, 9.17) is 9.47 Å². The van der Waals surface area contributed by atoms with E-state index in [9.17, 15) is 5.11 Å². The maximum atomic E-state index is 10.1. The Morgan fingerprint density at radius 3 is 2.09 bits per heavy atom. The first kappa shape index (κ1) is 29.8. The molecule has 2 aromatic rings. The van der Waals surface area contributed by atoms with E-state index in [0.29, 0.717) is 8.58 Å². The summed E-state index contributed by atoms with van der Waals surface area (Å²) in [5.74, 6) is 0.986. The second-order valence-electron chi connectivity index (χ2n) is 11.8. The maximum Gasteiger partial charge on any atom is 0.188 e. The normalized spacial score (nSPS) is 14.5. The van der Waals surface area contributed by atoms with Gasteiger partial charge in [-0.05, 0) is 40.1 Å². The van der Waals surface area contributed by atoms with Crippen LogP contribution in [0.25, 0.3) is 0 Å². The number of hydrogen-bond acceptors (Lipinski definition) is 3. The maximum absolute atomic E-state index is 10.1. The van der Waals surface area contributed by atoms with Crippen molar-refractivity contribution in [3.8, 4) is 5.75 Å². The average Bonchev–Trinajstić information content (AvgIpc) is 2.80. The molecule has 0 amide bonds. The summed E-state index contributed by atoms with van der Waals surface area (Å²) in [5, 5.41) is 11.3. The SMILES string of the molecule is CCCCCC(CC)(Pc1ccccc1CO)c1cc(C(C)(C)C)cc(C(C)(C)C)c1OCOC. The van der Waals surface area contributed by atoms with Gasteiger partial charge in [0.2, 0.25) is 0 Å². The lowest BCUT2D eigenvalue weighted by atomic mass is 9.76. The molecule has 0 aromatic heterocycles. The molecule has 196 valence electrons. The minimum Gasteiger partial charge on any atom is -0.467 e. The molecule has 4 heteroatoms. The molecule has 0 saturated heterocycles. The van der Waals surface area contributed by atoms with Crippen molar-refractivity contribution in [2.45, 2.75) is 110 Å². The predicted octanol–water partition coefficient (Wildman–Crippen LogP) is 7.95. The number of hydrogen-bond donors (Lipinski definition) is 1. The Morgan fingerprint density at radius 1 is 0.886 bits per heavy atom. The first-order chi connectivity index (χ1) is 16.4. The summed E-state index contributed by atoms with van der Waals surface area (Å²) < 4.78 is 11.9. The zero-order chi connectivity index (χ0) is 26.3. The minimum absolute atomic E-state index is 0.0174. The molecule has 0 aliphatic heterocycles. The number of unbranched alkanes of at least 4 members (excludes halogenated alkanes) is 2. The molecule has 0 aliphatic carbocycles. The fourth-order valence-electron chi connectivity index (χ4n) is 4.68. The summed E-state index contributed by atoms with van der Waals surface area (Å²) >= 11 is 0. The van der Waals surface area contributed by atoms with Gasteiger partial charge in [-0.25, -0.2) is 0 Å². The smallest absolute Gasteiger partial charge is 0.188 e. The van der Waals surface area contributed by atoms with Gasteiger partial charge in [0.25, 0.3) is 0 Å². The highest BCUT2D eigenvalue weighted by Gasteiger charge is 2.37. The van der Waals surface area contributed by atoms with Gasteiger partial charge in [0, 0.05) is 23.4 Å². The van der Waals surface area contributed by atoms with Crippen LogP contribution in [0.15, 0.2) is 36.4 Å². The van der Waals surface area contributed by atoms with Crippen LogP contribution < -0.4 is 10.0 Å². The van der Waals surface area contributed by atoms with Crippen molar-refractivity contribution in [1.29, 1.82) is 0 Å². The molecule has 0 bridgehead atoms. The highest BCUT2D eigenvalue weighted by molar-refractivity contribution is 7.48. The van der Waals surface area contributed by atoms with Gasteiger partial charge in [0.15, 0.2) is 6.79 Å². The molecular weight excluding hydrogens is 451 g/mol. The van der Waals surface area contributed by atoms with Crippen molar-refractivity contribution in [3.05, 3.63) is 58.7 Å². The van der Waals surface area contributed by atoms with Crippen LogP contribution in [0.2, 0.25) is 0 Å². The zero-order valence-corrected chi connectivity index (χ0v) is 24.7. The zero-order valence-electron chi connectivity index (χ0n) is 23.7. The third-order valence-corrected chi connectivity index (χ3v) is 9.08. The molecule has 0 spiro atoms. The molecule has 0 radical (unpaired) electrons. The molecule has 0 aliphatic rings. The number of benzene rings is 2. The molecule has 2 aromatic carbocycles. The van der Waals surface area contributed by atoms with Crippen molar-refractivity contribution in [3.63, 3.8) is 0 Å². The molecule has 0 fully saturated rings. The highest BCUT2D eigenvalue weighted by Crippen LogP contribution is 2.54. The largest absolute Gasteiger partial charge is 0.467 e. The predicted molar refractivity (Wildman–Crippen MR) is 153 cm³/mol. The van der Waals surface area contributed by atoms with Crippen LogP contribution in [-0.2, 0) is 27.3 Å². The summed E-state index contributed by atoms with van der Waals surface area (Å²) in [4.78, 5) is 0. The molecule has 2 rings (SSSR count). The van der Waals surface area contributed by atoms with Crippen LogP contribution in [0.5, 0.6) is 5.75 Å². The Hall–Kier alpha value is -1.41. The molecule has 0 heterocycles. The Morgan fingerprint density at radius 2 is 1.54 bits per heavy atom. The summed E-state index contributed by atoms with van der Waals surface area (Å²) in [6, 6.07) is 13.2. The van der Waals surface area contributed by atoms with E-state index in [1.807, 2.05) is 6.07 Å². The topological polar surface area (TPSA) is 38.7 Å². The quantitative estimate of drug-likeness (QED) is 0.183. The van der Waals surface area contributed by atoms with Gasteiger partial charge in [-0.2, -0.15) is 0 Å². The van der Waals surface area contributed by atoms with E-state index < -0.39 is 0 Å². The van der Waals surface area contributed by atoms with E-state index in [2.05, 4.69) is 85.7 Å². The first-order valence-corrected chi connectivity index (χ1v) is 14.2. The Labute approximate surface area is 216 Å². The van der Waals surface area contributed by atoms with Crippen LogP contribution in [0.1, 0.15) is 110 Å². The van der Waals surface area contributed by atoms with E-state index in [1.54, 1.807) is 7.11 Å². The van der Waals surface area contributed by atoms with Crippen LogP contribution >= 0.6 is 8.58 Å². The van der Waals surface area contributed by atoms with E-state index >= 15 is 0 Å². The van der Waals surface area contributed by atoms with Crippen LogP contribution in [0.3, 0.4) is 0 Å². The molecule has 2 atom stereocenters. The van der Waals surface area contributed by atoms with Crippen LogP contribution in [-0.4, -0.2) is 19.0 Å². The van der Waals surface area contributed by atoms with Gasteiger partial charge < -0.3 is 14.6 Å². The lowest BCUT2D eigenvalue weighted by molar-refractivity contribution is 0.0485. The number of aliphatic hydroxyl groups excluding tert-OH is 1. The second kappa shape index (κ2) is 12.7. The first-order valence-electron chi connectivity index (χ1n) is 13.2. The fourth-order valence-corrected chi connectivity index (χ4v) is 6.50. The van der Waals surface area contributed by atoms with Gasteiger partial charge in [-0.1, -0.05) is 120 Å². The number of ether oxygens (including phenoxy) is 2. The highest BCUT2D eigenvalue weighted by atomic mass is 31.1. The van der Waals surface area contributed by atoms with Gasteiger partial charge in [0.1, 0.15) is 5.75 Å². The van der Waals surface area contributed by atoms with Gasteiger partial charge in [-0.3, -0.25) is 0 Å². The third kappa shape index (κ3) is 7.54. The lowest BCUT2D eigenvalue weighted by Crippen LogP contribution is -2.28. The Kier molecular flexibility index (Phi) is 10.8. The van der Waals surface area contributed by atoms with Crippen LogP contribution in [0, 0.1) is 0 Å². The van der Waals surface area contributed by atoms with E-state index in [0.717, 1.165) is 24.2 Å². The average molecular weight is 501 g/mol. The van der Waals surface area contributed by atoms with Crippen LogP contribution in [0.4, 0.5) is 0 Å². The number of aliphatic hydroxyl groups is 1. The fraction of sp³-hybridized carbons (Fsp3) is 0.613. The monoisotopic (exact) mass is 500 g/mol. The van der Waals surface area contributed by atoms with Crippen molar-refractivity contribution < 1.29 is 14.6 Å². The van der Waals surface area contributed by atoms with E-state index in [-0.39, 0.29) is 29.4 Å². The second-order valence-corrected chi connectivity index (χ2v) is 13.5. The molecule has 1 N–H and O–H groups in total. The lowest BCUT2D eigenvalue weighted by Gasteiger charge is -2.39. The molecule has 35 heavy (non-hydrogen) atoms. The molecule has 0 saturated carbocycles. The summed E-state index contributed by atoms with van der Waals surface area (Å²) in [6.45, 7) is 18.6. The minimum atomic E-state index is -0.0786. The number of methoxy groups -OCH3 is 1. The molecule has 2 unspecified atom stereocenters. The summed E-state index contributed by atoms with van der Waals surface area (Å²) in [6.07, 6.45) is 5.68. The molecular formula is C31H49O3P. The Balaban J connectivity index is 2.89. The summed E-state index contributed by atoms with van der Waals surface area (Å²) in [5.41, 5.74) is 4.86. The third-order valence-electron chi connectivity index (χ3n) is 6.97. The number of rotatable bonds is 12. The van der Waals surface area contributed by atoms with E-state index in [1.165, 1.54) is 41.3 Å². The molecule has 3 nitrogen and oxygen atoms in total. The van der Waals surface area contributed by atoms with Crippen molar-refractivity contribution >= 4 is 13.9 Å². The van der Waals surface area contributed by atoms with Crippen molar-refractivity contribution in [1.82, 2.24) is 0 Å². The van der Waals surface area contributed by atoms with Crippen molar-refractivity contribution in [2.75, 3.05) is 13.9 Å². The Bertz CT molecular complexity index is 939. The van der Waals surface area contributed by atoms with Gasteiger partial charge in [0.05, 0.1) is 6.61 Å². The van der Waals surface area contributed by atoms with Crippen molar-refractivity contribution in [2.24, 2.45) is 0 Å².